The van der Waals surface area contributed by atoms with Gasteiger partial charge in [0.1, 0.15) is 11.6 Å². The average Bonchev–Trinajstić information content (AvgIpc) is 2.68. The number of nitriles is 1. The third kappa shape index (κ3) is 3.94. The zero-order valence-electron chi connectivity index (χ0n) is 14.6. The van der Waals surface area contributed by atoms with Crippen molar-refractivity contribution in [2.24, 2.45) is 0 Å². The van der Waals surface area contributed by atoms with Crippen LogP contribution in [0.4, 0.5) is 10.1 Å². The molecule has 2 aromatic rings. The van der Waals surface area contributed by atoms with E-state index in [1.54, 1.807) is 48.2 Å². The molecule has 0 spiro atoms. The molecule has 3 rings (SSSR count). The Morgan fingerprint density at radius 3 is 2.38 bits per heavy atom. The van der Waals surface area contributed by atoms with Crippen LogP contribution in [0, 0.1) is 17.1 Å². The Bertz CT molecular complexity index is 809. The van der Waals surface area contributed by atoms with E-state index in [-0.39, 0.29) is 11.7 Å². The first-order chi connectivity index (χ1) is 12.6. The van der Waals surface area contributed by atoms with Crippen LogP contribution in [0.5, 0.6) is 5.75 Å². The maximum absolute atomic E-state index is 13.9. The van der Waals surface area contributed by atoms with Crippen LogP contribution >= 0.6 is 0 Å². The predicted octanol–water partition coefficient (Wildman–Crippen LogP) is 2.81. The lowest BCUT2D eigenvalue weighted by Crippen LogP contribution is -2.52. The van der Waals surface area contributed by atoms with Gasteiger partial charge in [0.2, 0.25) is 0 Å². The SMILES string of the molecule is CC(Oc1ccc(C#N)cc1)C(=O)N1CCN(c2ccccc2F)CC1. The molecule has 0 aliphatic carbocycles. The minimum absolute atomic E-state index is 0.0949. The molecule has 0 bridgehead atoms. The third-order valence-electron chi connectivity index (χ3n) is 4.43. The number of amides is 1. The first-order valence-electron chi connectivity index (χ1n) is 8.53. The fourth-order valence-electron chi connectivity index (χ4n) is 3.00. The van der Waals surface area contributed by atoms with Gasteiger partial charge in [-0.3, -0.25) is 4.79 Å². The minimum Gasteiger partial charge on any atom is -0.481 e. The van der Waals surface area contributed by atoms with Crippen LogP contribution < -0.4 is 9.64 Å². The third-order valence-corrected chi connectivity index (χ3v) is 4.43. The monoisotopic (exact) mass is 353 g/mol. The molecule has 1 fully saturated rings. The molecule has 0 radical (unpaired) electrons. The highest BCUT2D eigenvalue weighted by atomic mass is 19.1. The lowest BCUT2D eigenvalue weighted by atomic mass is 10.2. The Labute approximate surface area is 152 Å². The Morgan fingerprint density at radius 1 is 1.12 bits per heavy atom. The molecule has 1 amide bonds. The molecule has 1 heterocycles. The van der Waals surface area contributed by atoms with Crippen molar-refractivity contribution >= 4 is 11.6 Å². The summed E-state index contributed by atoms with van der Waals surface area (Å²) in [6.07, 6.45) is -0.622. The van der Waals surface area contributed by atoms with E-state index >= 15 is 0 Å². The van der Waals surface area contributed by atoms with Gasteiger partial charge in [-0.15, -0.1) is 0 Å². The molecule has 1 atom stereocenters. The van der Waals surface area contributed by atoms with Crippen molar-refractivity contribution in [3.63, 3.8) is 0 Å². The summed E-state index contributed by atoms with van der Waals surface area (Å²) >= 11 is 0. The number of carbonyl (C=O) groups excluding carboxylic acids is 1. The van der Waals surface area contributed by atoms with E-state index in [0.717, 1.165) is 0 Å². The lowest BCUT2D eigenvalue weighted by molar-refractivity contribution is -0.138. The van der Waals surface area contributed by atoms with Gasteiger partial charge in [0, 0.05) is 26.2 Å². The van der Waals surface area contributed by atoms with E-state index in [4.69, 9.17) is 10.00 Å². The number of carbonyl (C=O) groups is 1. The number of benzene rings is 2. The van der Waals surface area contributed by atoms with E-state index in [1.807, 2.05) is 17.0 Å². The Hall–Kier alpha value is -3.07. The van der Waals surface area contributed by atoms with Crippen LogP contribution in [-0.4, -0.2) is 43.1 Å². The fraction of sp³-hybridized carbons (Fsp3) is 0.300. The molecule has 2 aromatic carbocycles. The molecule has 0 saturated carbocycles. The molecule has 0 aromatic heterocycles. The van der Waals surface area contributed by atoms with E-state index in [9.17, 15) is 9.18 Å². The normalized spacial score (nSPS) is 15.3. The molecule has 26 heavy (non-hydrogen) atoms. The summed E-state index contributed by atoms with van der Waals surface area (Å²) in [4.78, 5) is 16.3. The summed E-state index contributed by atoms with van der Waals surface area (Å²) in [7, 11) is 0. The number of piperazine rings is 1. The minimum atomic E-state index is -0.622. The van der Waals surface area contributed by atoms with Gasteiger partial charge in [-0.05, 0) is 43.3 Å². The molecule has 1 saturated heterocycles. The number of hydrogen-bond donors (Lipinski definition) is 0. The van der Waals surface area contributed by atoms with Crippen LogP contribution in [0.15, 0.2) is 48.5 Å². The van der Waals surface area contributed by atoms with Crippen molar-refractivity contribution in [2.75, 3.05) is 31.1 Å². The van der Waals surface area contributed by atoms with E-state index in [0.29, 0.717) is 43.2 Å². The summed E-state index contributed by atoms with van der Waals surface area (Å²) in [5.74, 6) is 0.210. The van der Waals surface area contributed by atoms with Crippen molar-refractivity contribution in [1.82, 2.24) is 4.90 Å². The van der Waals surface area contributed by atoms with Crippen molar-refractivity contribution < 1.29 is 13.9 Å². The number of hydrogen-bond acceptors (Lipinski definition) is 4. The van der Waals surface area contributed by atoms with E-state index in [1.165, 1.54) is 6.07 Å². The first kappa shape index (κ1) is 17.7. The summed E-state index contributed by atoms with van der Waals surface area (Å²) in [5, 5.41) is 8.81. The van der Waals surface area contributed by atoms with Crippen molar-refractivity contribution in [3.8, 4) is 11.8 Å². The maximum Gasteiger partial charge on any atom is 0.263 e. The zero-order chi connectivity index (χ0) is 18.5. The Kier molecular flexibility index (Phi) is 5.37. The summed E-state index contributed by atoms with van der Waals surface area (Å²) in [5.41, 5.74) is 1.11. The maximum atomic E-state index is 13.9. The van der Waals surface area contributed by atoms with Gasteiger partial charge in [0.15, 0.2) is 6.10 Å². The van der Waals surface area contributed by atoms with Gasteiger partial charge in [-0.2, -0.15) is 5.26 Å². The van der Waals surface area contributed by atoms with Crippen molar-refractivity contribution in [2.45, 2.75) is 13.0 Å². The Morgan fingerprint density at radius 2 is 1.77 bits per heavy atom. The predicted molar refractivity (Wildman–Crippen MR) is 96.4 cm³/mol. The highest BCUT2D eigenvalue weighted by molar-refractivity contribution is 5.81. The molecule has 134 valence electrons. The first-order valence-corrected chi connectivity index (χ1v) is 8.53. The quantitative estimate of drug-likeness (QED) is 0.848. The molecular weight excluding hydrogens is 333 g/mol. The second-order valence-corrected chi connectivity index (χ2v) is 6.16. The molecule has 1 aliphatic heterocycles. The van der Waals surface area contributed by atoms with E-state index < -0.39 is 6.10 Å². The molecular formula is C20H20FN3O2. The van der Waals surface area contributed by atoms with Gasteiger partial charge in [-0.1, -0.05) is 12.1 Å². The topological polar surface area (TPSA) is 56.6 Å². The molecule has 6 heteroatoms. The van der Waals surface area contributed by atoms with Gasteiger partial charge >= 0.3 is 0 Å². The molecule has 1 aliphatic rings. The smallest absolute Gasteiger partial charge is 0.263 e. The highest BCUT2D eigenvalue weighted by Gasteiger charge is 2.26. The number of rotatable bonds is 4. The molecule has 0 N–H and O–H groups in total. The lowest BCUT2D eigenvalue weighted by Gasteiger charge is -2.37. The number of anilines is 1. The summed E-state index contributed by atoms with van der Waals surface area (Å²) < 4.78 is 19.6. The molecule has 1 unspecified atom stereocenters. The largest absolute Gasteiger partial charge is 0.481 e. The summed E-state index contributed by atoms with van der Waals surface area (Å²) in [6, 6.07) is 15.4. The summed E-state index contributed by atoms with van der Waals surface area (Å²) in [6.45, 7) is 3.92. The second kappa shape index (κ2) is 7.87. The van der Waals surface area contributed by atoms with Crippen LogP contribution in [0.1, 0.15) is 12.5 Å². The van der Waals surface area contributed by atoms with Gasteiger partial charge in [-0.25, -0.2) is 4.39 Å². The van der Waals surface area contributed by atoms with Crippen molar-refractivity contribution in [1.29, 1.82) is 5.26 Å². The number of nitrogens with zero attached hydrogens (tertiary/aromatic N) is 3. The van der Waals surface area contributed by atoms with Gasteiger partial charge in [0.05, 0.1) is 17.3 Å². The van der Waals surface area contributed by atoms with Crippen LogP contribution in [0.25, 0.3) is 0 Å². The van der Waals surface area contributed by atoms with Gasteiger partial charge in [0.25, 0.3) is 5.91 Å². The fourth-order valence-corrected chi connectivity index (χ4v) is 3.00. The van der Waals surface area contributed by atoms with E-state index in [2.05, 4.69) is 0 Å². The highest BCUT2D eigenvalue weighted by Crippen LogP contribution is 2.21. The van der Waals surface area contributed by atoms with Crippen molar-refractivity contribution in [3.05, 3.63) is 59.9 Å². The number of halogens is 1. The van der Waals surface area contributed by atoms with Gasteiger partial charge < -0.3 is 14.5 Å². The average molecular weight is 353 g/mol. The van der Waals surface area contributed by atoms with Crippen LogP contribution in [0.2, 0.25) is 0 Å². The number of para-hydroxylation sites is 1. The second-order valence-electron chi connectivity index (χ2n) is 6.16. The number of ether oxygens (including phenoxy) is 1. The standard InChI is InChI=1S/C20H20FN3O2/c1-15(26-17-8-6-16(14-22)7-9-17)20(25)24-12-10-23(11-13-24)19-5-3-2-4-18(19)21/h2-9,15H,10-13H2,1H3. The molecule has 5 nitrogen and oxygen atoms in total. The zero-order valence-corrected chi connectivity index (χ0v) is 14.6. The Balaban J connectivity index is 1.56. The van der Waals surface area contributed by atoms with Crippen LogP contribution in [0.3, 0.4) is 0 Å². The van der Waals surface area contributed by atoms with Crippen LogP contribution in [-0.2, 0) is 4.79 Å².